The van der Waals surface area contributed by atoms with Gasteiger partial charge in [-0.3, -0.25) is 0 Å². The van der Waals surface area contributed by atoms with Crippen molar-refractivity contribution in [2.75, 3.05) is 0 Å². The fraction of sp³-hybridized carbons (Fsp3) is 0.211. The van der Waals surface area contributed by atoms with E-state index in [4.69, 9.17) is 11.6 Å². The van der Waals surface area contributed by atoms with Gasteiger partial charge in [0.15, 0.2) is 0 Å². The largest absolute Gasteiger partial charge is 0.244 e. The average molecular weight is 296 g/mol. The van der Waals surface area contributed by atoms with E-state index in [2.05, 4.69) is 48.3 Å². The predicted molar refractivity (Wildman–Crippen MR) is 91.3 cm³/mol. The molecule has 0 radical (unpaired) electrons. The Kier molecular flexibility index (Phi) is 3.94. The number of aryl methyl sites for hydroxylation is 1. The van der Waals surface area contributed by atoms with Gasteiger partial charge in [-0.25, -0.2) is 4.98 Å². The van der Waals surface area contributed by atoms with Crippen LogP contribution in [0.3, 0.4) is 0 Å². The Morgan fingerprint density at radius 1 is 1.05 bits per heavy atom. The number of allylic oxidation sites excluding steroid dienone is 1. The first-order valence-corrected chi connectivity index (χ1v) is 7.61. The van der Waals surface area contributed by atoms with E-state index in [-0.39, 0.29) is 0 Å². The minimum atomic E-state index is 0.572. The number of hydrogen-bond donors (Lipinski definition) is 0. The monoisotopic (exact) mass is 295 g/mol. The molecule has 106 valence electrons. The van der Waals surface area contributed by atoms with Gasteiger partial charge in [0.2, 0.25) is 0 Å². The van der Waals surface area contributed by atoms with E-state index < -0.39 is 0 Å². The van der Waals surface area contributed by atoms with Crippen LogP contribution in [0, 0.1) is 6.92 Å². The molecule has 0 amide bonds. The Balaban J connectivity index is 2.00. The maximum absolute atomic E-state index is 6.08. The van der Waals surface area contributed by atoms with Crippen LogP contribution in [-0.2, 0) is 6.42 Å². The molecule has 0 spiro atoms. The van der Waals surface area contributed by atoms with Gasteiger partial charge in [0.25, 0.3) is 0 Å². The van der Waals surface area contributed by atoms with Crippen LogP contribution in [0.1, 0.15) is 41.2 Å². The van der Waals surface area contributed by atoms with Crippen molar-refractivity contribution in [3.05, 3.63) is 69.0 Å². The highest BCUT2D eigenvalue weighted by Gasteiger charge is 2.10. The molecule has 21 heavy (non-hydrogen) atoms. The van der Waals surface area contributed by atoms with E-state index in [1.807, 2.05) is 13.0 Å². The van der Waals surface area contributed by atoms with E-state index in [0.717, 1.165) is 17.5 Å². The standard InChI is InChI=1S/C19H18ClN/c1-13-6-7-16-4-3-5-17(18(16)12-13)9-8-15-10-11-21-19(20)14(15)2/h3-5,8-12H,6-7H2,1-2H3. The number of hydrogen-bond acceptors (Lipinski definition) is 1. The third-order valence-electron chi connectivity index (χ3n) is 4.04. The summed E-state index contributed by atoms with van der Waals surface area (Å²) in [6.45, 7) is 4.20. The Hall–Kier alpha value is -1.86. The van der Waals surface area contributed by atoms with E-state index >= 15 is 0 Å². The second kappa shape index (κ2) is 5.87. The minimum Gasteiger partial charge on any atom is -0.244 e. The van der Waals surface area contributed by atoms with Crippen molar-refractivity contribution in [2.45, 2.75) is 26.7 Å². The van der Waals surface area contributed by atoms with Crippen LogP contribution in [-0.4, -0.2) is 4.98 Å². The average Bonchev–Trinajstić information content (AvgIpc) is 2.49. The smallest absolute Gasteiger partial charge is 0.132 e. The van der Waals surface area contributed by atoms with Crippen LogP contribution in [0.2, 0.25) is 5.15 Å². The summed E-state index contributed by atoms with van der Waals surface area (Å²) >= 11 is 6.08. The molecule has 1 aromatic carbocycles. The molecule has 1 aliphatic rings. The minimum absolute atomic E-state index is 0.572. The first kappa shape index (κ1) is 14.1. The molecule has 0 unspecified atom stereocenters. The van der Waals surface area contributed by atoms with E-state index in [1.165, 1.54) is 28.7 Å². The SMILES string of the molecule is CC1=Cc2c(C=Cc3ccnc(Cl)c3C)cccc2CC1. The molecule has 0 aliphatic heterocycles. The molecule has 0 atom stereocenters. The molecular weight excluding hydrogens is 278 g/mol. The van der Waals surface area contributed by atoms with Crippen LogP contribution in [0.4, 0.5) is 0 Å². The molecule has 0 saturated heterocycles. The zero-order valence-corrected chi connectivity index (χ0v) is 13.1. The molecule has 1 nitrogen and oxygen atoms in total. The molecule has 1 aliphatic carbocycles. The van der Waals surface area contributed by atoms with Gasteiger partial charge in [0.05, 0.1) is 0 Å². The molecule has 2 heteroatoms. The van der Waals surface area contributed by atoms with Gasteiger partial charge in [0, 0.05) is 6.20 Å². The summed E-state index contributed by atoms with van der Waals surface area (Å²) in [4.78, 5) is 4.10. The van der Waals surface area contributed by atoms with Gasteiger partial charge >= 0.3 is 0 Å². The normalized spacial score (nSPS) is 14.1. The molecule has 2 aromatic rings. The summed E-state index contributed by atoms with van der Waals surface area (Å²) in [6, 6.07) is 8.53. The lowest BCUT2D eigenvalue weighted by Crippen LogP contribution is -1.99. The summed E-state index contributed by atoms with van der Waals surface area (Å²) in [7, 11) is 0. The first-order valence-electron chi connectivity index (χ1n) is 7.23. The number of nitrogens with zero attached hydrogens (tertiary/aromatic N) is 1. The Morgan fingerprint density at radius 3 is 2.71 bits per heavy atom. The van der Waals surface area contributed by atoms with Crippen LogP contribution < -0.4 is 0 Å². The second-order valence-corrected chi connectivity index (χ2v) is 5.92. The highest BCUT2D eigenvalue weighted by molar-refractivity contribution is 6.30. The third-order valence-corrected chi connectivity index (χ3v) is 4.42. The van der Waals surface area contributed by atoms with Crippen LogP contribution in [0.25, 0.3) is 18.2 Å². The van der Waals surface area contributed by atoms with Gasteiger partial charge in [-0.05, 0) is 60.6 Å². The molecule has 0 fully saturated rings. The van der Waals surface area contributed by atoms with Crippen molar-refractivity contribution >= 4 is 29.8 Å². The maximum atomic E-state index is 6.08. The summed E-state index contributed by atoms with van der Waals surface area (Å²) in [5, 5.41) is 0.572. The van der Waals surface area contributed by atoms with E-state index in [1.54, 1.807) is 6.20 Å². The molecule has 1 heterocycles. The van der Waals surface area contributed by atoms with E-state index in [0.29, 0.717) is 5.15 Å². The highest BCUT2D eigenvalue weighted by atomic mass is 35.5. The lowest BCUT2D eigenvalue weighted by Gasteiger charge is -2.16. The van der Waals surface area contributed by atoms with Gasteiger partial charge in [-0.15, -0.1) is 0 Å². The number of aromatic nitrogens is 1. The quantitative estimate of drug-likeness (QED) is 0.661. The maximum Gasteiger partial charge on any atom is 0.132 e. The Labute approximate surface area is 131 Å². The summed E-state index contributed by atoms with van der Waals surface area (Å²) in [5.74, 6) is 0. The second-order valence-electron chi connectivity index (χ2n) is 5.56. The van der Waals surface area contributed by atoms with Crippen molar-refractivity contribution in [3.8, 4) is 0 Å². The Bertz CT molecular complexity index is 741. The third kappa shape index (κ3) is 2.93. The number of halogens is 1. The Morgan fingerprint density at radius 2 is 1.86 bits per heavy atom. The van der Waals surface area contributed by atoms with Crippen LogP contribution in [0.5, 0.6) is 0 Å². The van der Waals surface area contributed by atoms with E-state index in [9.17, 15) is 0 Å². The van der Waals surface area contributed by atoms with Crippen LogP contribution in [0.15, 0.2) is 36.0 Å². The fourth-order valence-corrected chi connectivity index (χ4v) is 2.87. The van der Waals surface area contributed by atoms with Gasteiger partial charge in [0.1, 0.15) is 5.15 Å². The summed E-state index contributed by atoms with van der Waals surface area (Å²) in [6.07, 6.45) is 10.7. The van der Waals surface area contributed by atoms with Gasteiger partial charge < -0.3 is 0 Å². The van der Waals surface area contributed by atoms with Gasteiger partial charge in [-0.1, -0.05) is 53.6 Å². The molecule has 0 saturated carbocycles. The number of rotatable bonds is 2. The summed E-state index contributed by atoms with van der Waals surface area (Å²) in [5.41, 5.74) is 7.64. The molecule has 3 rings (SSSR count). The first-order chi connectivity index (χ1) is 10.1. The van der Waals surface area contributed by atoms with Crippen molar-refractivity contribution < 1.29 is 0 Å². The predicted octanol–water partition coefficient (Wildman–Crippen LogP) is 5.56. The topological polar surface area (TPSA) is 12.9 Å². The lowest BCUT2D eigenvalue weighted by atomic mass is 9.89. The number of pyridine rings is 1. The van der Waals surface area contributed by atoms with Gasteiger partial charge in [-0.2, -0.15) is 0 Å². The molecule has 0 N–H and O–H groups in total. The van der Waals surface area contributed by atoms with Crippen molar-refractivity contribution in [1.29, 1.82) is 0 Å². The lowest BCUT2D eigenvalue weighted by molar-refractivity contribution is 0.927. The zero-order valence-electron chi connectivity index (χ0n) is 12.4. The zero-order chi connectivity index (χ0) is 14.8. The van der Waals surface area contributed by atoms with Crippen LogP contribution >= 0.6 is 11.6 Å². The number of fused-ring (bicyclic) bond motifs is 1. The van der Waals surface area contributed by atoms with Crippen molar-refractivity contribution in [1.82, 2.24) is 4.98 Å². The molecular formula is C19H18ClN. The molecule has 0 bridgehead atoms. The highest BCUT2D eigenvalue weighted by Crippen LogP contribution is 2.28. The molecule has 1 aromatic heterocycles. The number of benzene rings is 1. The van der Waals surface area contributed by atoms with Crippen molar-refractivity contribution in [2.24, 2.45) is 0 Å². The van der Waals surface area contributed by atoms with Crippen molar-refractivity contribution in [3.63, 3.8) is 0 Å². The fourth-order valence-electron chi connectivity index (χ4n) is 2.71. The summed E-state index contributed by atoms with van der Waals surface area (Å²) < 4.78 is 0.